The van der Waals surface area contributed by atoms with E-state index in [1.807, 2.05) is 6.08 Å². The van der Waals surface area contributed by atoms with Crippen molar-refractivity contribution >= 4 is 5.78 Å². The first-order valence-corrected chi connectivity index (χ1v) is 8.44. The largest absolute Gasteiger partial charge is 0.365 e. The van der Waals surface area contributed by atoms with Gasteiger partial charge in [-0.2, -0.15) is 0 Å². The second kappa shape index (κ2) is 4.22. The lowest BCUT2D eigenvalue weighted by Crippen LogP contribution is -2.59. The van der Waals surface area contributed by atoms with Crippen molar-refractivity contribution < 1.29 is 9.53 Å². The minimum atomic E-state index is -0.202. The van der Waals surface area contributed by atoms with E-state index in [2.05, 4.69) is 41.2 Å². The molecule has 0 aromatic heterocycles. The highest BCUT2D eigenvalue weighted by Crippen LogP contribution is 2.66. The summed E-state index contributed by atoms with van der Waals surface area (Å²) in [4.78, 5) is 12.6. The van der Waals surface area contributed by atoms with Gasteiger partial charge < -0.3 is 4.74 Å². The first-order chi connectivity index (χ1) is 9.57. The molecule has 0 aromatic rings. The minimum Gasteiger partial charge on any atom is -0.365 e. The molecule has 2 nitrogen and oxygen atoms in total. The first-order valence-electron chi connectivity index (χ1n) is 8.44. The van der Waals surface area contributed by atoms with Gasteiger partial charge in [0.05, 0.1) is 11.2 Å². The molecule has 3 fully saturated rings. The van der Waals surface area contributed by atoms with E-state index in [1.165, 1.54) is 0 Å². The monoisotopic (exact) mass is 290 g/mol. The molecule has 1 saturated heterocycles. The lowest BCUT2D eigenvalue weighted by atomic mass is 9.52. The number of ether oxygens (including phenoxy) is 1. The number of ketones is 1. The second-order valence-corrected chi connectivity index (χ2v) is 8.94. The Morgan fingerprint density at radius 2 is 1.71 bits per heavy atom. The molecule has 21 heavy (non-hydrogen) atoms. The molecule has 2 heteroatoms. The summed E-state index contributed by atoms with van der Waals surface area (Å²) in [5.41, 5.74) is -0.356. The number of carbonyl (C=O) groups is 1. The van der Waals surface area contributed by atoms with Gasteiger partial charge in [-0.3, -0.25) is 4.79 Å². The number of carbonyl (C=O) groups excluding carboxylic acids is 1. The van der Waals surface area contributed by atoms with Gasteiger partial charge in [-0.1, -0.05) is 26.8 Å². The summed E-state index contributed by atoms with van der Waals surface area (Å²) in [5.74, 6) is 1.45. The molecular weight excluding hydrogens is 260 g/mol. The van der Waals surface area contributed by atoms with E-state index < -0.39 is 0 Å². The predicted octanol–water partition coefficient (Wildman–Crippen LogP) is 4.53. The molecule has 118 valence electrons. The van der Waals surface area contributed by atoms with Gasteiger partial charge >= 0.3 is 0 Å². The molecule has 1 heterocycles. The van der Waals surface area contributed by atoms with Crippen molar-refractivity contribution in [3.8, 4) is 0 Å². The summed E-state index contributed by atoms with van der Waals surface area (Å²) in [6.45, 7) is 15.1. The van der Waals surface area contributed by atoms with Crippen molar-refractivity contribution in [2.24, 2.45) is 22.7 Å². The highest BCUT2D eigenvalue weighted by molar-refractivity contribution is 5.88. The van der Waals surface area contributed by atoms with Crippen molar-refractivity contribution in [1.29, 1.82) is 0 Å². The van der Waals surface area contributed by atoms with Crippen LogP contribution in [0.15, 0.2) is 12.7 Å². The van der Waals surface area contributed by atoms with Crippen molar-refractivity contribution in [1.82, 2.24) is 0 Å². The molecule has 0 unspecified atom stereocenters. The average Bonchev–Trinajstić information content (AvgIpc) is 2.54. The predicted molar refractivity (Wildman–Crippen MR) is 85.1 cm³/mol. The molecule has 0 radical (unpaired) electrons. The van der Waals surface area contributed by atoms with Gasteiger partial charge in [0.1, 0.15) is 5.78 Å². The molecule has 0 bridgehead atoms. The van der Waals surface area contributed by atoms with Crippen LogP contribution in [0.25, 0.3) is 0 Å². The Morgan fingerprint density at radius 3 is 2.33 bits per heavy atom. The van der Waals surface area contributed by atoms with Gasteiger partial charge in [-0.25, -0.2) is 0 Å². The van der Waals surface area contributed by atoms with Gasteiger partial charge in [-0.05, 0) is 56.8 Å². The van der Waals surface area contributed by atoms with E-state index in [0.29, 0.717) is 17.6 Å². The third-order valence-electron chi connectivity index (χ3n) is 7.22. The van der Waals surface area contributed by atoms with Crippen molar-refractivity contribution in [2.45, 2.75) is 77.9 Å². The first kappa shape index (κ1) is 15.3. The fourth-order valence-electron chi connectivity index (χ4n) is 5.99. The van der Waals surface area contributed by atoms with Crippen LogP contribution in [0, 0.1) is 22.7 Å². The van der Waals surface area contributed by atoms with Crippen LogP contribution in [0.5, 0.6) is 0 Å². The summed E-state index contributed by atoms with van der Waals surface area (Å²) < 4.78 is 6.56. The van der Waals surface area contributed by atoms with Gasteiger partial charge in [0.25, 0.3) is 0 Å². The summed E-state index contributed by atoms with van der Waals surface area (Å²) in [6, 6.07) is 0. The van der Waals surface area contributed by atoms with E-state index >= 15 is 0 Å². The summed E-state index contributed by atoms with van der Waals surface area (Å²) >= 11 is 0. The Labute approximate surface area is 129 Å². The number of Topliss-reactive ketones (excluding diaryl/α,β-unsaturated/α-hetero) is 1. The van der Waals surface area contributed by atoms with Crippen LogP contribution in [0.4, 0.5) is 0 Å². The normalized spacial score (nSPS) is 52.1. The van der Waals surface area contributed by atoms with Crippen LogP contribution < -0.4 is 0 Å². The fraction of sp³-hybridized carbons (Fsp3) is 0.842. The smallest absolute Gasteiger partial charge is 0.139 e. The van der Waals surface area contributed by atoms with Gasteiger partial charge in [0.15, 0.2) is 0 Å². The maximum absolute atomic E-state index is 12.6. The zero-order valence-corrected chi connectivity index (χ0v) is 14.3. The molecule has 3 aliphatic rings. The van der Waals surface area contributed by atoms with Crippen LogP contribution >= 0.6 is 0 Å². The second-order valence-electron chi connectivity index (χ2n) is 8.94. The lowest BCUT2D eigenvalue weighted by molar-refractivity contribution is -0.236. The van der Waals surface area contributed by atoms with Crippen LogP contribution in [-0.4, -0.2) is 17.0 Å². The van der Waals surface area contributed by atoms with Crippen LogP contribution in [-0.2, 0) is 9.53 Å². The van der Waals surface area contributed by atoms with Gasteiger partial charge in [0.2, 0.25) is 0 Å². The van der Waals surface area contributed by atoms with E-state index in [9.17, 15) is 4.79 Å². The number of rotatable bonds is 1. The number of fused-ring (bicyclic) bond motifs is 3. The SMILES string of the molecule is C=C[C@@]1(C)CC[C@H]2[C@]3(C)CC(=O)C(C)(C)[C@H]3CC[C@]2(C)O1. The van der Waals surface area contributed by atoms with E-state index in [1.54, 1.807) is 0 Å². The molecule has 3 rings (SSSR count). The Kier molecular flexibility index (Phi) is 3.07. The zero-order valence-electron chi connectivity index (χ0n) is 14.3. The highest BCUT2D eigenvalue weighted by atomic mass is 16.5. The molecule has 0 aromatic carbocycles. The van der Waals surface area contributed by atoms with E-state index in [4.69, 9.17) is 4.74 Å². The Morgan fingerprint density at radius 1 is 1.10 bits per heavy atom. The van der Waals surface area contributed by atoms with E-state index in [-0.39, 0.29) is 22.0 Å². The van der Waals surface area contributed by atoms with Crippen LogP contribution in [0.1, 0.15) is 66.7 Å². The summed E-state index contributed by atoms with van der Waals surface area (Å²) in [7, 11) is 0. The van der Waals surface area contributed by atoms with Crippen molar-refractivity contribution in [2.75, 3.05) is 0 Å². The van der Waals surface area contributed by atoms with E-state index in [0.717, 1.165) is 32.1 Å². The van der Waals surface area contributed by atoms with Crippen LogP contribution in [0.3, 0.4) is 0 Å². The molecule has 2 saturated carbocycles. The average molecular weight is 290 g/mol. The van der Waals surface area contributed by atoms with Crippen molar-refractivity contribution in [3.63, 3.8) is 0 Å². The lowest BCUT2D eigenvalue weighted by Gasteiger charge is -2.60. The fourth-order valence-corrected chi connectivity index (χ4v) is 5.99. The number of hydrogen-bond donors (Lipinski definition) is 0. The zero-order chi connectivity index (χ0) is 15.7. The highest BCUT2D eigenvalue weighted by Gasteiger charge is 2.65. The molecule has 0 N–H and O–H groups in total. The summed E-state index contributed by atoms with van der Waals surface area (Å²) in [5, 5.41) is 0. The van der Waals surface area contributed by atoms with Crippen LogP contribution in [0.2, 0.25) is 0 Å². The molecule has 5 atom stereocenters. The molecule has 0 spiro atoms. The Bertz CT molecular complexity index is 494. The molecule has 0 amide bonds. The molecular formula is C19H30O2. The Hall–Kier alpha value is -0.630. The van der Waals surface area contributed by atoms with Gasteiger partial charge in [-0.15, -0.1) is 6.58 Å². The maximum atomic E-state index is 12.6. The third-order valence-corrected chi connectivity index (χ3v) is 7.22. The minimum absolute atomic E-state index is 0.104. The standard InChI is InChI=1S/C19H30O2/c1-7-17(4)10-8-14-18(5)12-15(20)16(2,3)13(18)9-11-19(14,6)21-17/h7,13-14H,1,8-12H2,2-6H3/t13-,14+,17+,18-,19+/m1/s1. The maximum Gasteiger partial charge on any atom is 0.139 e. The van der Waals surface area contributed by atoms with Gasteiger partial charge in [0, 0.05) is 11.8 Å². The Balaban J connectivity index is 1.98. The number of hydrogen-bond acceptors (Lipinski definition) is 2. The third kappa shape index (κ3) is 1.91. The molecule has 1 aliphatic heterocycles. The quantitative estimate of drug-likeness (QED) is 0.663. The van der Waals surface area contributed by atoms with Crippen molar-refractivity contribution in [3.05, 3.63) is 12.7 Å². The topological polar surface area (TPSA) is 26.3 Å². The molecule has 2 aliphatic carbocycles. The summed E-state index contributed by atoms with van der Waals surface area (Å²) in [6.07, 6.45) is 7.04.